The van der Waals surface area contributed by atoms with Crippen LogP contribution in [0.4, 0.5) is 0 Å². The Bertz CT molecular complexity index is 1010. The molecule has 0 saturated carbocycles. The molecule has 2 aliphatic rings. The minimum atomic E-state index is -1.18. The van der Waals surface area contributed by atoms with Crippen LogP contribution in [-0.2, 0) is 38.1 Å². The van der Waals surface area contributed by atoms with Crippen LogP contribution < -0.4 is 0 Å². The summed E-state index contributed by atoms with van der Waals surface area (Å²) in [6.07, 6.45) is 2.95. The third kappa shape index (κ3) is 10.6. The summed E-state index contributed by atoms with van der Waals surface area (Å²) in [6.45, 7) is 9.37. The van der Waals surface area contributed by atoms with Crippen molar-refractivity contribution in [1.82, 2.24) is 0 Å². The molecular weight excluding hydrogens is 516 g/mol. The molecule has 0 spiro atoms. The number of carbonyl (C=O) groups excluding carboxylic acids is 4. The zero-order valence-corrected chi connectivity index (χ0v) is 23.1. The summed E-state index contributed by atoms with van der Waals surface area (Å²) >= 11 is 6.37. The molecule has 0 aromatic carbocycles. The topological polar surface area (TPSA) is 125 Å². The van der Waals surface area contributed by atoms with E-state index >= 15 is 0 Å². The second kappa shape index (κ2) is 15.0. The van der Waals surface area contributed by atoms with Gasteiger partial charge in [0.15, 0.2) is 5.78 Å². The van der Waals surface area contributed by atoms with Gasteiger partial charge >= 0.3 is 17.9 Å². The van der Waals surface area contributed by atoms with E-state index in [2.05, 4.69) is 6.58 Å². The fourth-order valence-corrected chi connectivity index (χ4v) is 4.32. The quantitative estimate of drug-likeness (QED) is 0.206. The molecule has 0 aromatic heterocycles. The van der Waals surface area contributed by atoms with Crippen LogP contribution in [0.1, 0.15) is 66.2 Å². The van der Waals surface area contributed by atoms with E-state index < -0.39 is 42.3 Å². The Morgan fingerprint density at radius 1 is 1.26 bits per heavy atom. The van der Waals surface area contributed by atoms with Crippen molar-refractivity contribution in [2.45, 2.75) is 96.7 Å². The number of hydrogen-bond acceptors (Lipinski definition) is 9. The number of ketones is 1. The third-order valence-electron chi connectivity index (χ3n) is 6.27. The highest BCUT2D eigenvalue weighted by molar-refractivity contribution is 6.29. The van der Waals surface area contributed by atoms with Gasteiger partial charge in [0, 0.05) is 23.9 Å². The minimum absolute atomic E-state index is 0.112. The lowest BCUT2D eigenvalue weighted by atomic mass is 10.0. The van der Waals surface area contributed by atoms with E-state index in [1.165, 1.54) is 19.9 Å². The SMILES string of the molecule is C=C(COC(=O)C/C(C)=C/C(O)[C@@H]1O[C@H]2CC/C(Cl)=C/C/C=C(/C)[C@@H](OC(C)=O)CC(=O)O[C@H]1C2)C(C)=O. The van der Waals surface area contributed by atoms with Crippen molar-refractivity contribution in [3.8, 4) is 0 Å². The number of rotatable bonds is 8. The molecule has 2 heterocycles. The average molecular weight is 553 g/mol. The summed E-state index contributed by atoms with van der Waals surface area (Å²) in [7, 11) is 0. The number of hydrogen-bond donors (Lipinski definition) is 1. The van der Waals surface area contributed by atoms with Crippen molar-refractivity contribution in [3.63, 3.8) is 0 Å². The first-order valence-corrected chi connectivity index (χ1v) is 13.0. The number of carbonyl (C=O) groups is 4. The number of aliphatic hydroxyl groups excluding tert-OH is 1. The zero-order valence-electron chi connectivity index (χ0n) is 22.4. The lowest BCUT2D eigenvalue weighted by molar-refractivity contribution is -0.159. The van der Waals surface area contributed by atoms with Gasteiger partial charge in [0.2, 0.25) is 0 Å². The van der Waals surface area contributed by atoms with E-state index in [0.29, 0.717) is 41.9 Å². The molecule has 0 aromatic rings. The molecule has 1 unspecified atom stereocenters. The fourth-order valence-electron chi connectivity index (χ4n) is 4.12. The molecule has 2 rings (SSSR count). The Kier molecular flexibility index (Phi) is 12.4. The van der Waals surface area contributed by atoms with E-state index in [9.17, 15) is 24.3 Å². The average Bonchev–Trinajstić information content (AvgIpc) is 3.22. The first-order valence-electron chi connectivity index (χ1n) is 12.6. The van der Waals surface area contributed by atoms with Crippen LogP contribution in [0.3, 0.4) is 0 Å². The van der Waals surface area contributed by atoms with E-state index in [1.807, 2.05) is 12.2 Å². The fraction of sp³-hybridized carbons (Fsp3) is 0.571. The van der Waals surface area contributed by atoms with Gasteiger partial charge in [0.1, 0.15) is 31.0 Å². The van der Waals surface area contributed by atoms with Crippen LogP contribution in [0.2, 0.25) is 0 Å². The number of ether oxygens (including phenoxy) is 4. The number of aliphatic hydroxyl groups is 1. The Hall–Kier alpha value is -2.75. The van der Waals surface area contributed by atoms with Crippen molar-refractivity contribution in [1.29, 1.82) is 0 Å². The monoisotopic (exact) mass is 552 g/mol. The molecule has 1 N–H and O–H groups in total. The van der Waals surface area contributed by atoms with Gasteiger partial charge in [0.05, 0.1) is 18.9 Å². The van der Waals surface area contributed by atoms with Crippen LogP contribution in [-0.4, -0.2) is 65.9 Å². The molecule has 38 heavy (non-hydrogen) atoms. The van der Waals surface area contributed by atoms with E-state index in [4.69, 9.17) is 30.5 Å². The number of Topliss-reactive ketones (excluding diaryl/α,β-unsaturated/α-hetero) is 1. The van der Waals surface area contributed by atoms with Crippen LogP contribution in [0.25, 0.3) is 0 Å². The summed E-state index contributed by atoms with van der Waals surface area (Å²) in [5, 5.41) is 11.6. The minimum Gasteiger partial charge on any atom is -0.460 e. The predicted molar refractivity (Wildman–Crippen MR) is 140 cm³/mol. The van der Waals surface area contributed by atoms with Gasteiger partial charge < -0.3 is 24.1 Å². The molecule has 1 saturated heterocycles. The van der Waals surface area contributed by atoms with Crippen molar-refractivity contribution in [2.75, 3.05) is 6.61 Å². The molecule has 210 valence electrons. The molecule has 10 heteroatoms. The van der Waals surface area contributed by atoms with Gasteiger partial charge in [-0.15, -0.1) is 0 Å². The molecule has 0 aliphatic carbocycles. The van der Waals surface area contributed by atoms with Gasteiger partial charge in [-0.05, 0) is 45.6 Å². The Morgan fingerprint density at radius 3 is 2.63 bits per heavy atom. The van der Waals surface area contributed by atoms with E-state index in [0.717, 1.165) is 0 Å². The lowest BCUT2D eigenvalue weighted by Crippen LogP contribution is -2.37. The highest BCUT2D eigenvalue weighted by Crippen LogP contribution is 2.31. The number of fused-ring (bicyclic) bond motifs is 2. The Morgan fingerprint density at radius 2 is 1.97 bits per heavy atom. The zero-order chi connectivity index (χ0) is 28.4. The Balaban J connectivity index is 2.15. The molecular formula is C28H37ClO9. The summed E-state index contributed by atoms with van der Waals surface area (Å²) in [4.78, 5) is 47.8. The molecule has 2 bridgehead atoms. The molecule has 9 nitrogen and oxygen atoms in total. The maximum absolute atomic E-state index is 12.8. The molecule has 5 atom stereocenters. The third-order valence-corrected chi connectivity index (χ3v) is 6.61. The maximum Gasteiger partial charge on any atom is 0.310 e. The highest BCUT2D eigenvalue weighted by atomic mass is 35.5. The highest BCUT2D eigenvalue weighted by Gasteiger charge is 2.41. The standard InChI is InChI=1S/C28H37ClO9/c1-16(12-26(33)35-15-18(3)19(4)30)11-23(32)28-25-13-22(37-28)10-9-21(29)8-6-7-17(2)24(36-20(5)31)14-27(34)38-25/h7-8,11,22-25,28,32H,3,6,9-10,12-15H2,1-2,4-5H3/b16-11+,17-7-,21-8-/t22-,23?,24-,25-,28-/m0/s1. The Labute approximate surface area is 228 Å². The predicted octanol–water partition coefficient (Wildman–Crippen LogP) is 4.02. The van der Waals surface area contributed by atoms with E-state index in [1.54, 1.807) is 13.8 Å². The first kappa shape index (κ1) is 31.5. The number of allylic oxidation sites excluding steroid dienone is 3. The molecule has 0 amide bonds. The first-order chi connectivity index (χ1) is 17.8. The normalized spacial score (nSPS) is 28.5. The van der Waals surface area contributed by atoms with Gasteiger partial charge in [-0.3, -0.25) is 19.2 Å². The van der Waals surface area contributed by atoms with Gasteiger partial charge in [-0.2, -0.15) is 0 Å². The largest absolute Gasteiger partial charge is 0.460 e. The second-order valence-corrected chi connectivity index (χ2v) is 10.1. The molecule has 0 radical (unpaired) electrons. The number of esters is 3. The van der Waals surface area contributed by atoms with E-state index in [-0.39, 0.29) is 36.9 Å². The summed E-state index contributed by atoms with van der Waals surface area (Å²) in [5.41, 5.74) is 1.40. The van der Waals surface area contributed by atoms with Gasteiger partial charge in [0.25, 0.3) is 0 Å². The molecule has 2 aliphatic heterocycles. The van der Waals surface area contributed by atoms with Crippen LogP contribution >= 0.6 is 11.6 Å². The second-order valence-electron chi connectivity index (χ2n) is 9.66. The summed E-state index contributed by atoms with van der Waals surface area (Å²) in [5.74, 6) is -1.95. The van der Waals surface area contributed by atoms with Gasteiger partial charge in [-0.1, -0.05) is 42.0 Å². The van der Waals surface area contributed by atoms with Crippen LogP contribution in [0.15, 0.2) is 46.6 Å². The van der Waals surface area contributed by atoms with Crippen molar-refractivity contribution in [2.24, 2.45) is 0 Å². The van der Waals surface area contributed by atoms with Crippen molar-refractivity contribution < 1.29 is 43.2 Å². The van der Waals surface area contributed by atoms with Crippen molar-refractivity contribution >= 4 is 35.3 Å². The summed E-state index contributed by atoms with van der Waals surface area (Å²) < 4.78 is 22.1. The maximum atomic E-state index is 12.8. The van der Waals surface area contributed by atoms with Gasteiger partial charge in [-0.25, -0.2) is 0 Å². The molecule has 1 fully saturated rings. The van der Waals surface area contributed by atoms with Crippen LogP contribution in [0.5, 0.6) is 0 Å². The van der Waals surface area contributed by atoms with Crippen LogP contribution in [0, 0.1) is 0 Å². The number of halogens is 1. The lowest BCUT2D eigenvalue weighted by Gasteiger charge is -2.24. The summed E-state index contributed by atoms with van der Waals surface area (Å²) in [6, 6.07) is 0. The smallest absolute Gasteiger partial charge is 0.310 e. The van der Waals surface area contributed by atoms with Crippen molar-refractivity contribution in [3.05, 3.63) is 46.6 Å².